The average Bonchev–Trinajstić information content (AvgIpc) is 2.19. The van der Waals surface area contributed by atoms with Crippen LogP contribution in [-0.4, -0.2) is 34.1 Å². The van der Waals surface area contributed by atoms with E-state index in [1.54, 1.807) is 0 Å². The van der Waals surface area contributed by atoms with Crippen LogP contribution in [0.5, 0.6) is 0 Å². The van der Waals surface area contributed by atoms with Crippen molar-refractivity contribution in [2.24, 2.45) is 0 Å². The Labute approximate surface area is 88.1 Å². The number of aromatic amines is 1. The molecule has 3 N–H and O–H groups in total. The molecule has 0 saturated heterocycles. The Morgan fingerprint density at radius 3 is 2.93 bits per heavy atom. The first-order valence-corrected chi connectivity index (χ1v) is 4.33. The van der Waals surface area contributed by atoms with Crippen LogP contribution in [0.4, 0.5) is 14.6 Å². The van der Waals surface area contributed by atoms with Gasteiger partial charge in [0.25, 0.3) is 12.0 Å². The minimum Gasteiger partial charge on any atom is -0.385 e. The number of rotatable bonds is 4. The fraction of sp³-hybridized carbons (Fsp3) is 0.429. The highest BCUT2D eigenvalue weighted by Crippen LogP contribution is 2.12. The molecule has 0 spiro atoms. The van der Waals surface area contributed by atoms with Gasteiger partial charge in [0.1, 0.15) is 11.1 Å². The SMILES string of the molecule is O=c1[nH]cnc(NCC(O)C(F)F)c1Cl. The zero-order valence-electron chi connectivity index (χ0n) is 7.38. The third-order valence-electron chi connectivity index (χ3n) is 1.57. The molecule has 5 nitrogen and oxygen atoms in total. The Kier molecular flexibility index (Phi) is 3.98. The van der Waals surface area contributed by atoms with Crippen molar-refractivity contribution in [2.45, 2.75) is 12.5 Å². The molecular formula is C7H8ClF2N3O2. The van der Waals surface area contributed by atoms with Crippen molar-refractivity contribution in [3.8, 4) is 0 Å². The van der Waals surface area contributed by atoms with Gasteiger partial charge >= 0.3 is 0 Å². The normalized spacial score (nSPS) is 12.9. The molecule has 84 valence electrons. The fourth-order valence-electron chi connectivity index (χ4n) is 0.797. The monoisotopic (exact) mass is 239 g/mol. The van der Waals surface area contributed by atoms with E-state index in [0.717, 1.165) is 6.33 Å². The van der Waals surface area contributed by atoms with Crippen molar-refractivity contribution in [1.29, 1.82) is 0 Å². The highest BCUT2D eigenvalue weighted by Gasteiger charge is 2.17. The lowest BCUT2D eigenvalue weighted by atomic mass is 10.3. The van der Waals surface area contributed by atoms with Crippen LogP contribution in [-0.2, 0) is 0 Å². The fourth-order valence-corrected chi connectivity index (χ4v) is 0.967. The number of aliphatic hydroxyl groups excluding tert-OH is 1. The number of anilines is 1. The summed E-state index contributed by atoms with van der Waals surface area (Å²) in [5.74, 6) is -0.0416. The first-order valence-electron chi connectivity index (χ1n) is 3.95. The Bertz CT molecular complexity index is 385. The number of hydrogen-bond donors (Lipinski definition) is 3. The summed E-state index contributed by atoms with van der Waals surface area (Å²) in [6.07, 6.45) is -3.62. The van der Waals surface area contributed by atoms with Crippen molar-refractivity contribution in [2.75, 3.05) is 11.9 Å². The van der Waals surface area contributed by atoms with Crippen molar-refractivity contribution < 1.29 is 13.9 Å². The van der Waals surface area contributed by atoms with E-state index in [1.807, 2.05) is 0 Å². The standard InChI is InChI=1S/C7H8ClF2N3O2/c8-4-6(12-2-13-7(4)15)11-1-3(14)5(9)10/h2-3,5,14H,1H2,(H2,11,12,13,15). The summed E-state index contributed by atoms with van der Waals surface area (Å²) in [6, 6.07) is 0. The van der Waals surface area contributed by atoms with Crippen LogP contribution in [0.3, 0.4) is 0 Å². The molecule has 1 aromatic rings. The summed E-state index contributed by atoms with van der Waals surface area (Å²) in [6.45, 7) is -0.437. The molecule has 0 aliphatic rings. The van der Waals surface area contributed by atoms with Crippen molar-refractivity contribution in [3.05, 3.63) is 21.7 Å². The van der Waals surface area contributed by atoms with Crippen molar-refractivity contribution in [1.82, 2.24) is 9.97 Å². The summed E-state index contributed by atoms with van der Waals surface area (Å²) < 4.78 is 23.8. The van der Waals surface area contributed by atoms with Crippen LogP contribution in [0.25, 0.3) is 0 Å². The van der Waals surface area contributed by atoms with Gasteiger partial charge in [0.15, 0.2) is 5.82 Å². The Hall–Kier alpha value is -1.21. The van der Waals surface area contributed by atoms with Crippen LogP contribution >= 0.6 is 11.6 Å². The lowest BCUT2D eigenvalue weighted by Crippen LogP contribution is -2.27. The van der Waals surface area contributed by atoms with Crippen LogP contribution < -0.4 is 10.9 Å². The molecular weight excluding hydrogens is 232 g/mol. The molecule has 0 aliphatic carbocycles. The zero-order valence-corrected chi connectivity index (χ0v) is 8.13. The van der Waals surface area contributed by atoms with Crippen LogP contribution in [0.1, 0.15) is 0 Å². The number of nitrogens with one attached hydrogen (secondary N) is 2. The maximum absolute atomic E-state index is 11.9. The molecule has 8 heteroatoms. The van der Waals surface area contributed by atoms with Gasteiger partial charge in [-0.05, 0) is 0 Å². The van der Waals surface area contributed by atoms with E-state index >= 15 is 0 Å². The molecule has 1 aromatic heterocycles. The maximum Gasteiger partial charge on any atom is 0.271 e. The van der Waals surface area contributed by atoms with Crippen LogP contribution in [0, 0.1) is 0 Å². The molecule has 0 aliphatic heterocycles. The molecule has 1 rings (SSSR count). The van der Waals surface area contributed by atoms with Gasteiger partial charge in [-0.2, -0.15) is 0 Å². The summed E-state index contributed by atoms with van der Waals surface area (Å²) in [4.78, 5) is 16.8. The van der Waals surface area contributed by atoms with Gasteiger partial charge in [0, 0.05) is 6.54 Å². The third kappa shape index (κ3) is 3.14. The van der Waals surface area contributed by atoms with Gasteiger partial charge in [0.05, 0.1) is 6.33 Å². The molecule has 0 saturated carbocycles. The van der Waals surface area contributed by atoms with Crippen molar-refractivity contribution >= 4 is 17.4 Å². The summed E-state index contributed by atoms with van der Waals surface area (Å²) >= 11 is 5.52. The van der Waals surface area contributed by atoms with E-state index < -0.39 is 24.6 Å². The van der Waals surface area contributed by atoms with E-state index in [4.69, 9.17) is 16.7 Å². The van der Waals surface area contributed by atoms with Gasteiger partial charge in [0.2, 0.25) is 0 Å². The Morgan fingerprint density at radius 1 is 1.67 bits per heavy atom. The van der Waals surface area contributed by atoms with Crippen LogP contribution in [0.2, 0.25) is 5.02 Å². The highest BCUT2D eigenvalue weighted by molar-refractivity contribution is 6.32. The second-order valence-corrected chi connectivity index (χ2v) is 3.05. The van der Waals surface area contributed by atoms with E-state index in [-0.39, 0.29) is 10.8 Å². The average molecular weight is 240 g/mol. The summed E-state index contributed by atoms with van der Waals surface area (Å²) in [5.41, 5.74) is -0.583. The highest BCUT2D eigenvalue weighted by atomic mass is 35.5. The molecule has 0 amide bonds. The molecule has 0 radical (unpaired) electrons. The smallest absolute Gasteiger partial charge is 0.271 e. The zero-order chi connectivity index (χ0) is 11.4. The molecule has 15 heavy (non-hydrogen) atoms. The lowest BCUT2D eigenvalue weighted by Gasteiger charge is -2.11. The number of hydrogen-bond acceptors (Lipinski definition) is 4. The third-order valence-corrected chi connectivity index (χ3v) is 1.92. The van der Waals surface area contributed by atoms with Crippen LogP contribution in [0.15, 0.2) is 11.1 Å². The second-order valence-electron chi connectivity index (χ2n) is 2.68. The van der Waals surface area contributed by atoms with E-state index in [1.165, 1.54) is 0 Å². The van der Waals surface area contributed by atoms with E-state index in [2.05, 4.69) is 15.3 Å². The first kappa shape index (κ1) is 11.9. The minimum atomic E-state index is -2.86. The first-order chi connectivity index (χ1) is 7.02. The quantitative estimate of drug-likeness (QED) is 0.713. The van der Waals surface area contributed by atoms with Gasteiger partial charge < -0.3 is 15.4 Å². The van der Waals surface area contributed by atoms with Gasteiger partial charge in [-0.1, -0.05) is 11.6 Å². The molecule has 0 aromatic carbocycles. The molecule has 1 unspecified atom stereocenters. The number of halogens is 3. The molecule has 0 bridgehead atoms. The Balaban J connectivity index is 2.66. The molecule has 1 atom stereocenters. The number of nitrogens with zero attached hydrogens (tertiary/aromatic N) is 1. The predicted octanol–water partition coefficient (Wildman–Crippen LogP) is 0.461. The van der Waals surface area contributed by atoms with Gasteiger partial charge in [-0.15, -0.1) is 0 Å². The predicted molar refractivity (Wildman–Crippen MR) is 50.4 cm³/mol. The number of aromatic nitrogens is 2. The van der Waals surface area contributed by atoms with Gasteiger partial charge in [-0.3, -0.25) is 4.79 Å². The largest absolute Gasteiger partial charge is 0.385 e. The molecule has 1 heterocycles. The number of H-pyrrole nitrogens is 1. The van der Waals surface area contributed by atoms with Crippen molar-refractivity contribution in [3.63, 3.8) is 0 Å². The Morgan fingerprint density at radius 2 is 2.33 bits per heavy atom. The summed E-state index contributed by atoms with van der Waals surface area (Å²) in [5, 5.41) is 10.9. The maximum atomic E-state index is 11.9. The summed E-state index contributed by atoms with van der Waals surface area (Å²) in [7, 11) is 0. The molecule has 0 fully saturated rings. The topological polar surface area (TPSA) is 78.0 Å². The minimum absolute atomic E-state index is 0.0416. The van der Waals surface area contributed by atoms with Gasteiger partial charge in [-0.25, -0.2) is 13.8 Å². The number of aliphatic hydroxyl groups is 1. The number of alkyl halides is 2. The van der Waals surface area contributed by atoms with E-state index in [0.29, 0.717) is 0 Å². The second kappa shape index (κ2) is 5.04. The van der Waals surface area contributed by atoms with E-state index in [9.17, 15) is 13.6 Å². The lowest BCUT2D eigenvalue weighted by molar-refractivity contribution is 0.00380.